The van der Waals surface area contributed by atoms with E-state index in [0.29, 0.717) is 11.5 Å². The van der Waals surface area contributed by atoms with Crippen LogP contribution >= 0.6 is 0 Å². The van der Waals surface area contributed by atoms with E-state index in [0.717, 1.165) is 19.3 Å². The monoisotopic (exact) mass is 332 g/mol. The first-order valence-corrected chi connectivity index (χ1v) is 7.93. The standard InChI is InChI=1S/C17H21FN4O2/c1-16(2,3)15(23)20-10-5-6-12(18)11(9-10)13-21-14(22-24-13)17(19)7-4-8-17/h5-6,9H,4,7-8,19H2,1-3H3,(H,20,23). The zero-order valence-electron chi connectivity index (χ0n) is 14.0. The first kappa shape index (κ1) is 16.6. The molecule has 1 heterocycles. The molecule has 0 unspecified atom stereocenters. The lowest BCUT2D eigenvalue weighted by Gasteiger charge is -2.34. The van der Waals surface area contributed by atoms with E-state index in [1.807, 2.05) is 0 Å². The Morgan fingerprint density at radius 3 is 2.67 bits per heavy atom. The Morgan fingerprint density at radius 1 is 1.38 bits per heavy atom. The molecule has 3 rings (SSSR count). The highest BCUT2D eigenvalue weighted by molar-refractivity contribution is 5.94. The second kappa shape index (κ2) is 5.66. The van der Waals surface area contributed by atoms with Gasteiger partial charge in [-0.1, -0.05) is 25.9 Å². The number of nitrogens with one attached hydrogen (secondary N) is 1. The SMILES string of the molecule is CC(C)(C)C(=O)Nc1ccc(F)c(-c2nc(C3(N)CCC3)no2)c1. The second-order valence-electron chi connectivity index (χ2n) is 7.33. The molecule has 1 fully saturated rings. The predicted octanol–water partition coefficient (Wildman–Crippen LogP) is 3.20. The van der Waals surface area contributed by atoms with Gasteiger partial charge in [0.05, 0.1) is 11.1 Å². The Kier molecular flexibility index (Phi) is 3.91. The lowest BCUT2D eigenvalue weighted by Crippen LogP contribution is -2.44. The van der Waals surface area contributed by atoms with E-state index in [-0.39, 0.29) is 17.4 Å². The third-order valence-electron chi connectivity index (χ3n) is 4.25. The molecule has 3 N–H and O–H groups in total. The van der Waals surface area contributed by atoms with Crippen molar-refractivity contribution < 1.29 is 13.7 Å². The predicted molar refractivity (Wildman–Crippen MR) is 87.5 cm³/mol. The fourth-order valence-corrected chi connectivity index (χ4v) is 2.40. The molecule has 1 aromatic carbocycles. The third kappa shape index (κ3) is 3.03. The van der Waals surface area contributed by atoms with Gasteiger partial charge in [-0.2, -0.15) is 4.98 Å². The minimum absolute atomic E-state index is 0.0612. The average Bonchev–Trinajstić information content (AvgIpc) is 2.95. The summed E-state index contributed by atoms with van der Waals surface area (Å²) in [5, 5.41) is 6.65. The van der Waals surface area contributed by atoms with Crippen LogP contribution in [0.4, 0.5) is 10.1 Å². The van der Waals surface area contributed by atoms with E-state index >= 15 is 0 Å². The van der Waals surface area contributed by atoms with Crippen molar-refractivity contribution in [3.8, 4) is 11.5 Å². The van der Waals surface area contributed by atoms with Gasteiger partial charge in [0.2, 0.25) is 5.91 Å². The molecular formula is C17H21FN4O2. The molecule has 1 aromatic heterocycles. The van der Waals surface area contributed by atoms with Crippen molar-refractivity contribution >= 4 is 11.6 Å². The van der Waals surface area contributed by atoms with Crippen molar-refractivity contribution in [3.63, 3.8) is 0 Å². The molecule has 1 aliphatic carbocycles. The average molecular weight is 332 g/mol. The lowest BCUT2D eigenvalue weighted by atomic mass is 9.77. The maximum atomic E-state index is 14.2. The number of carbonyl (C=O) groups is 1. The number of carbonyl (C=O) groups excluding carboxylic acids is 1. The number of nitrogens with zero attached hydrogens (tertiary/aromatic N) is 2. The summed E-state index contributed by atoms with van der Waals surface area (Å²) in [6.07, 6.45) is 2.59. The third-order valence-corrected chi connectivity index (χ3v) is 4.25. The summed E-state index contributed by atoms with van der Waals surface area (Å²) in [6.45, 7) is 5.41. The molecule has 0 aliphatic heterocycles. The number of hydrogen-bond acceptors (Lipinski definition) is 5. The van der Waals surface area contributed by atoms with Gasteiger partial charge in [0.1, 0.15) is 5.82 Å². The van der Waals surface area contributed by atoms with Crippen LogP contribution < -0.4 is 11.1 Å². The zero-order valence-corrected chi connectivity index (χ0v) is 14.0. The van der Waals surface area contributed by atoms with Gasteiger partial charge in [-0.3, -0.25) is 4.79 Å². The van der Waals surface area contributed by atoms with Crippen molar-refractivity contribution in [2.45, 2.75) is 45.6 Å². The summed E-state index contributed by atoms with van der Waals surface area (Å²) >= 11 is 0. The van der Waals surface area contributed by atoms with Gasteiger partial charge in [-0.05, 0) is 37.5 Å². The number of hydrogen-bond donors (Lipinski definition) is 2. The largest absolute Gasteiger partial charge is 0.334 e. The molecule has 6 nitrogen and oxygen atoms in total. The summed E-state index contributed by atoms with van der Waals surface area (Å²) in [5.41, 5.74) is 5.65. The van der Waals surface area contributed by atoms with E-state index in [4.69, 9.17) is 10.3 Å². The van der Waals surface area contributed by atoms with E-state index in [1.165, 1.54) is 18.2 Å². The normalized spacial score (nSPS) is 16.5. The molecule has 0 spiro atoms. The number of amides is 1. The van der Waals surface area contributed by atoms with Crippen LogP contribution in [0.2, 0.25) is 0 Å². The van der Waals surface area contributed by atoms with Gasteiger partial charge in [0.25, 0.3) is 5.89 Å². The molecule has 24 heavy (non-hydrogen) atoms. The fraction of sp³-hybridized carbons (Fsp3) is 0.471. The van der Waals surface area contributed by atoms with Crippen LogP contribution in [0.1, 0.15) is 45.9 Å². The van der Waals surface area contributed by atoms with Gasteiger partial charge in [0.15, 0.2) is 5.82 Å². The number of nitrogens with two attached hydrogens (primary N) is 1. The highest BCUT2D eigenvalue weighted by atomic mass is 19.1. The number of benzene rings is 1. The van der Waals surface area contributed by atoms with Crippen LogP contribution in [0.3, 0.4) is 0 Å². The maximum Gasteiger partial charge on any atom is 0.261 e. The van der Waals surface area contributed by atoms with E-state index < -0.39 is 16.8 Å². The molecule has 2 aromatic rings. The van der Waals surface area contributed by atoms with Crippen LogP contribution in [0.15, 0.2) is 22.7 Å². The maximum absolute atomic E-state index is 14.2. The molecule has 0 radical (unpaired) electrons. The van der Waals surface area contributed by atoms with E-state index in [9.17, 15) is 9.18 Å². The summed E-state index contributed by atoms with van der Waals surface area (Å²) in [7, 11) is 0. The molecule has 128 valence electrons. The summed E-state index contributed by atoms with van der Waals surface area (Å²) in [5.74, 6) is -0.210. The van der Waals surface area contributed by atoms with E-state index in [2.05, 4.69) is 15.5 Å². The lowest BCUT2D eigenvalue weighted by molar-refractivity contribution is -0.123. The molecule has 1 saturated carbocycles. The minimum atomic E-state index is -0.573. The van der Waals surface area contributed by atoms with Gasteiger partial charge in [-0.25, -0.2) is 4.39 Å². The van der Waals surface area contributed by atoms with Gasteiger partial charge in [0, 0.05) is 11.1 Å². The van der Waals surface area contributed by atoms with Gasteiger partial charge < -0.3 is 15.6 Å². The highest BCUT2D eigenvalue weighted by Crippen LogP contribution is 2.38. The van der Waals surface area contributed by atoms with Crippen molar-refractivity contribution in [2.24, 2.45) is 11.1 Å². The Hall–Kier alpha value is -2.28. The zero-order chi connectivity index (χ0) is 17.5. The fourth-order valence-electron chi connectivity index (χ4n) is 2.40. The first-order chi connectivity index (χ1) is 11.2. The van der Waals surface area contributed by atoms with Crippen molar-refractivity contribution in [1.82, 2.24) is 10.1 Å². The smallest absolute Gasteiger partial charge is 0.261 e. The number of anilines is 1. The number of rotatable bonds is 3. The molecule has 0 atom stereocenters. The second-order valence-corrected chi connectivity index (χ2v) is 7.33. The van der Waals surface area contributed by atoms with Crippen LogP contribution in [0.25, 0.3) is 11.5 Å². The quantitative estimate of drug-likeness (QED) is 0.900. The highest BCUT2D eigenvalue weighted by Gasteiger charge is 2.39. The Morgan fingerprint density at radius 2 is 2.08 bits per heavy atom. The van der Waals surface area contributed by atoms with Crippen LogP contribution in [0, 0.1) is 11.2 Å². The Bertz CT molecular complexity index is 775. The van der Waals surface area contributed by atoms with Crippen LogP contribution in [0.5, 0.6) is 0 Å². The molecule has 7 heteroatoms. The minimum Gasteiger partial charge on any atom is -0.334 e. The van der Waals surface area contributed by atoms with E-state index in [1.54, 1.807) is 20.8 Å². The van der Waals surface area contributed by atoms with Crippen LogP contribution in [-0.2, 0) is 10.3 Å². The summed E-state index contributed by atoms with van der Waals surface area (Å²) in [6, 6.07) is 4.25. The molecule has 0 bridgehead atoms. The molecular weight excluding hydrogens is 311 g/mol. The molecule has 0 saturated heterocycles. The van der Waals surface area contributed by atoms with Gasteiger partial charge >= 0.3 is 0 Å². The van der Waals surface area contributed by atoms with Crippen molar-refractivity contribution in [2.75, 3.05) is 5.32 Å². The number of aromatic nitrogens is 2. The molecule has 1 aliphatic rings. The Balaban J connectivity index is 1.88. The van der Waals surface area contributed by atoms with Crippen molar-refractivity contribution in [3.05, 3.63) is 29.8 Å². The number of halogens is 1. The topological polar surface area (TPSA) is 94.0 Å². The van der Waals surface area contributed by atoms with Crippen LogP contribution in [-0.4, -0.2) is 16.0 Å². The van der Waals surface area contributed by atoms with Gasteiger partial charge in [-0.15, -0.1) is 0 Å². The van der Waals surface area contributed by atoms with Crippen molar-refractivity contribution in [1.29, 1.82) is 0 Å². The first-order valence-electron chi connectivity index (χ1n) is 7.93. The molecule has 1 amide bonds. The Labute approximate surface area is 139 Å². The summed E-state index contributed by atoms with van der Waals surface area (Å²) in [4.78, 5) is 16.3. The summed E-state index contributed by atoms with van der Waals surface area (Å²) < 4.78 is 19.3.